The lowest BCUT2D eigenvalue weighted by molar-refractivity contribution is -0.118. The van der Waals surface area contributed by atoms with E-state index in [1.54, 1.807) is 23.0 Å². The Kier molecular flexibility index (Phi) is 8.10. The molecule has 174 valence electrons. The van der Waals surface area contributed by atoms with Crippen molar-refractivity contribution in [3.8, 4) is 11.5 Å². The number of amides is 2. The van der Waals surface area contributed by atoms with E-state index < -0.39 is 0 Å². The largest absolute Gasteiger partial charge is 0.493 e. The molecule has 1 aromatic heterocycles. The number of anilines is 1. The minimum atomic E-state index is -0.256. The molecule has 32 heavy (non-hydrogen) atoms. The molecule has 0 spiro atoms. The van der Waals surface area contributed by atoms with Crippen LogP contribution in [0.2, 0.25) is 0 Å². The van der Waals surface area contributed by atoms with Gasteiger partial charge in [-0.25, -0.2) is 0 Å². The Labute approximate surface area is 189 Å². The normalized spacial score (nSPS) is 16.4. The summed E-state index contributed by atoms with van der Waals surface area (Å²) < 4.78 is 12.7. The van der Waals surface area contributed by atoms with E-state index in [4.69, 9.17) is 9.47 Å². The van der Waals surface area contributed by atoms with Crippen LogP contribution in [0.15, 0.2) is 24.4 Å². The van der Waals surface area contributed by atoms with E-state index in [9.17, 15) is 9.59 Å². The van der Waals surface area contributed by atoms with Crippen LogP contribution in [0.5, 0.6) is 11.5 Å². The van der Waals surface area contributed by atoms with Gasteiger partial charge in [0.15, 0.2) is 11.5 Å². The van der Waals surface area contributed by atoms with Crippen molar-refractivity contribution < 1.29 is 19.1 Å². The minimum absolute atomic E-state index is 0.145. The molecule has 1 atom stereocenters. The molecule has 9 nitrogen and oxygen atoms in total. The van der Waals surface area contributed by atoms with Crippen molar-refractivity contribution in [2.75, 3.05) is 39.2 Å². The van der Waals surface area contributed by atoms with Gasteiger partial charge in [0.1, 0.15) is 0 Å². The van der Waals surface area contributed by atoms with Crippen LogP contribution in [-0.4, -0.2) is 66.4 Å². The van der Waals surface area contributed by atoms with Crippen LogP contribution in [0.1, 0.15) is 42.2 Å². The van der Waals surface area contributed by atoms with Crippen molar-refractivity contribution in [1.82, 2.24) is 20.0 Å². The highest BCUT2D eigenvalue weighted by atomic mass is 16.5. The van der Waals surface area contributed by atoms with Gasteiger partial charge in [0, 0.05) is 43.5 Å². The molecule has 1 aliphatic heterocycles. The van der Waals surface area contributed by atoms with E-state index in [2.05, 4.69) is 27.6 Å². The maximum absolute atomic E-state index is 12.8. The lowest BCUT2D eigenvalue weighted by Gasteiger charge is -2.32. The predicted octanol–water partition coefficient (Wildman–Crippen LogP) is 2.22. The van der Waals surface area contributed by atoms with E-state index in [0.717, 1.165) is 25.1 Å². The lowest BCUT2D eigenvalue weighted by Crippen LogP contribution is -2.42. The topological polar surface area (TPSA) is 97.7 Å². The van der Waals surface area contributed by atoms with Gasteiger partial charge >= 0.3 is 0 Å². The summed E-state index contributed by atoms with van der Waals surface area (Å²) in [5.74, 6) is 0.369. The van der Waals surface area contributed by atoms with Gasteiger partial charge in [-0.05, 0) is 44.5 Å². The molecule has 0 radical (unpaired) electrons. The molecular weight excluding hydrogens is 410 g/mol. The van der Waals surface area contributed by atoms with Gasteiger partial charge in [0.2, 0.25) is 5.91 Å². The van der Waals surface area contributed by atoms with Crippen LogP contribution in [0.25, 0.3) is 0 Å². The second-order valence-electron chi connectivity index (χ2n) is 8.07. The number of ether oxygens (including phenoxy) is 2. The fraction of sp³-hybridized carbons (Fsp3) is 0.522. The Balaban J connectivity index is 1.70. The second-order valence-corrected chi connectivity index (χ2v) is 8.07. The van der Waals surface area contributed by atoms with Gasteiger partial charge in [-0.2, -0.15) is 5.10 Å². The molecule has 2 amide bonds. The van der Waals surface area contributed by atoms with Crippen LogP contribution < -0.4 is 20.1 Å². The van der Waals surface area contributed by atoms with Crippen LogP contribution >= 0.6 is 0 Å². The molecule has 1 unspecified atom stereocenters. The molecule has 1 saturated heterocycles. The standard InChI is InChI=1S/C23H33N5O4/c1-16-7-5-6-12-28(16)15-21(29)26-19-13-17(14-20(31-3)22(19)32-4)23(30)24-10-8-18-9-11-25-27(18)2/h9,11,13-14,16H,5-8,10,12,15H2,1-4H3,(H,24,30)(H,26,29). The molecule has 3 rings (SSSR count). The molecule has 1 aliphatic rings. The van der Waals surface area contributed by atoms with Crippen LogP contribution in [-0.2, 0) is 18.3 Å². The summed E-state index contributed by atoms with van der Waals surface area (Å²) in [4.78, 5) is 27.7. The first-order valence-electron chi connectivity index (χ1n) is 11.0. The molecule has 0 aliphatic carbocycles. The smallest absolute Gasteiger partial charge is 0.251 e. The zero-order valence-corrected chi connectivity index (χ0v) is 19.3. The second kappa shape index (κ2) is 11.0. The van der Waals surface area contributed by atoms with Crippen molar-refractivity contribution in [2.24, 2.45) is 7.05 Å². The van der Waals surface area contributed by atoms with Gasteiger partial charge < -0.3 is 20.1 Å². The summed E-state index contributed by atoms with van der Waals surface area (Å²) in [6.07, 6.45) is 5.78. The molecule has 9 heteroatoms. The van der Waals surface area contributed by atoms with Crippen molar-refractivity contribution >= 4 is 17.5 Å². The van der Waals surface area contributed by atoms with Crippen molar-refractivity contribution in [2.45, 2.75) is 38.6 Å². The third-order valence-electron chi connectivity index (χ3n) is 5.89. The number of aryl methyl sites for hydroxylation is 1. The zero-order chi connectivity index (χ0) is 23.1. The Hall–Kier alpha value is -3.07. The van der Waals surface area contributed by atoms with Crippen molar-refractivity contribution in [3.05, 3.63) is 35.7 Å². The first-order valence-corrected chi connectivity index (χ1v) is 11.0. The summed E-state index contributed by atoms with van der Waals surface area (Å²) in [5, 5.41) is 9.95. The third-order valence-corrected chi connectivity index (χ3v) is 5.89. The van der Waals surface area contributed by atoms with Crippen molar-refractivity contribution in [3.63, 3.8) is 0 Å². The van der Waals surface area contributed by atoms with Gasteiger partial charge in [-0.15, -0.1) is 0 Å². The molecule has 1 fully saturated rings. The number of aromatic nitrogens is 2. The van der Waals surface area contributed by atoms with E-state index in [1.807, 2.05) is 13.1 Å². The lowest BCUT2D eigenvalue weighted by atomic mass is 10.0. The number of carbonyl (C=O) groups is 2. The first kappa shape index (κ1) is 23.6. The Morgan fingerprint density at radius 2 is 2.03 bits per heavy atom. The summed E-state index contributed by atoms with van der Waals surface area (Å²) in [6.45, 7) is 3.82. The molecule has 2 N–H and O–H groups in total. The summed E-state index contributed by atoms with van der Waals surface area (Å²) in [6, 6.07) is 5.53. The number of nitrogens with zero attached hydrogens (tertiary/aromatic N) is 3. The number of hydrogen-bond acceptors (Lipinski definition) is 6. The number of likely N-dealkylation sites (tertiary alicyclic amines) is 1. The summed E-state index contributed by atoms with van der Waals surface area (Å²) in [5.41, 5.74) is 1.82. The first-order chi connectivity index (χ1) is 15.4. The van der Waals surface area contributed by atoms with Gasteiger partial charge in [0.25, 0.3) is 5.91 Å². The number of nitrogens with one attached hydrogen (secondary N) is 2. The monoisotopic (exact) mass is 443 g/mol. The highest BCUT2D eigenvalue weighted by Crippen LogP contribution is 2.36. The highest BCUT2D eigenvalue weighted by molar-refractivity contribution is 5.99. The Morgan fingerprint density at radius 1 is 1.22 bits per heavy atom. The number of methoxy groups -OCH3 is 2. The van der Waals surface area contributed by atoms with Crippen LogP contribution in [0.4, 0.5) is 5.69 Å². The van der Waals surface area contributed by atoms with Crippen LogP contribution in [0.3, 0.4) is 0 Å². The molecule has 2 heterocycles. The molecule has 1 aromatic carbocycles. The molecule has 0 saturated carbocycles. The molecule has 2 aromatic rings. The molecular formula is C23H33N5O4. The van der Waals surface area contributed by atoms with Gasteiger partial charge in [-0.3, -0.25) is 19.2 Å². The predicted molar refractivity (Wildman–Crippen MR) is 122 cm³/mol. The number of carbonyl (C=O) groups excluding carboxylic acids is 2. The Bertz CT molecular complexity index is 942. The number of hydrogen-bond donors (Lipinski definition) is 2. The number of piperidine rings is 1. The minimum Gasteiger partial charge on any atom is -0.493 e. The quantitative estimate of drug-likeness (QED) is 0.617. The van der Waals surface area contributed by atoms with Crippen molar-refractivity contribution in [1.29, 1.82) is 0 Å². The highest BCUT2D eigenvalue weighted by Gasteiger charge is 2.22. The SMILES string of the molecule is COc1cc(C(=O)NCCc2ccnn2C)cc(NC(=O)CN2CCCCC2C)c1OC. The van der Waals surface area contributed by atoms with E-state index in [-0.39, 0.29) is 11.8 Å². The average molecular weight is 444 g/mol. The fourth-order valence-electron chi connectivity index (χ4n) is 4.01. The number of rotatable bonds is 9. The Morgan fingerprint density at radius 3 is 2.69 bits per heavy atom. The fourth-order valence-corrected chi connectivity index (χ4v) is 4.01. The maximum atomic E-state index is 12.8. The van der Waals surface area contributed by atoms with Gasteiger partial charge in [0.05, 0.1) is 26.5 Å². The summed E-state index contributed by atoms with van der Waals surface area (Å²) in [7, 11) is 4.88. The summed E-state index contributed by atoms with van der Waals surface area (Å²) >= 11 is 0. The van der Waals surface area contributed by atoms with Crippen LogP contribution in [0, 0.1) is 0 Å². The maximum Gasteiger partial charge on any atom is 0.251 e. The zero-order valence-electron chi connectivity index (χ0n) is 19.3. The van der Waals surface area contributed by atoms with Gasteiger partial charge in [-0.1, -0.05) is 6.42 Å². The number of benzene rings is 1. The average Bonchev–Trinajstić information content (AvgIpc) is 3.19. The van der Waals surface area contributed by atoms with E-state index >= 15 is 0 Å². The molecule has 0 bridgehead atoms. The third kappa shape index (κ3) is 5.79. The van der Waals surface area contributed by atoms with E-state index in [1.165, 1.54) is 20.6 Å². The van der Waals surface area contributed by atoms with E-state index in [0.29, 0.717) is 48.3 Å².